The smallest absolute Gasteiger partial charge is 0.263 e. The summed E-state index contributed by atoms with van der Waals surface area (Å²) in [6.07, 6.45) is 1.27. The van der Waals surface area contributed by atoms with Crippen molar-refractivity contribution in [2.75, 3.05) is 16.8 Å². The van der Waals surface area contributed by atoms with Crippen LogP contribution < -0.4 is 10.2 Å². The Balaban J connectivity index is 2.05. The number of carbonyl (C=O) groups excluding carboxylic acids is 2. The summed E-state index contributed by atoms with van der Waals surface area (Å²) in [7, 11) is 0. The molecule has 20 heavy (non-hydrogen) atoms. The Bertz CT molecular complexity index is 702. The molecule has 0 saturated heterocycles. The van der Waals surface area contributed by atoms with Crippen LogP contribution in [0.5, 0.6) is 0 Å². The van der Waals surface area contributed by atoms with Crippen LogP contribution in [0.15, 0.2) is 42.6 Å². The van der Waals surface area contributed by atoms with Crippen molar-refractivity contribution in [3.05, 3.63) is 54.1 Å². The molecule has 3 rings (SSSR count). The highest BCUT2D eigenvalue weighted by atomic mass is 19.1. The van der Waals surface area contributed by atoms with Crippen LogP contribution in [0, 0.1) is 5.95 Å². The van der Waals surface area contributed by atoms with E-state index in [-0.39, 0.29) is 18.0 Å². The van der Waals surface area contributed by atoms with E-state index >= 15 is 0 Å². The zero-order valence-corrected chi connectivity index (χ0v) is 10.3. The zero-order chi connectivity index (χ0) is 14.1. The van der Waals surface area contributed by atoms with Crippen molar-refractivity contribution in [3.8, 4) is 0 Å². The summed E-state index contributed by atoms with van der Waals surface area (Å²) in [6.45, 7) is -0.149. The maximum Gasteiger partial charge on any atom is 0.263 e. The van der Waals surface area contributed by atoms with Crippen molar-refractivity contribution in [3.63, 3.8) is 0 Å². The number of amides is 2. The molecule has 5 nitrogen and oxygen atoms in total. The quantitative estimate of drug-likeness (QED) is 0.805. The average Bonchev–Trinajstić information content (AvgIpc) is 2.46. The Morgan fingerprint density at radius 2 is 2.05 bits per heavy atom. The predicted molar refractivity (Wildman–Crippen MR) is 70.9 cm³/mol. The van der Waals surface area contributed by atoms with E-state index in [4.69, 9.17) is 0 Å². The van der Waals surface area contributed by atoms with Gasteiger partial charge >= 0.3 is 0 Å². The number of para-hydroxylation sites is 2. The molecule has 0 aliphatic carbocycles. The lowest BCUT2D eigenvalue weighted by atomic mass is 10.1. The predicted octanol–water partition coefficient (Wildman–Crippen LogP) is 1.82. The highest BCUT2D eigenvalue weighted by Gasteiger charge is 2.28. The minimum atomic E-state index is -0.846. The first kappa shape index (κ1) is 12.3. The highest BCUT2D eigenvalue weighted by Crippen LogP contribution is 2.30. The van der Waals surface area contributed by atoms with Gasteiger partial charge in [0.25, 0.3) is 5.91 Å². The Labute approximate surface area is 114 Å². The molecular formula is C14H10FN3O2. The molecule has 0 saturated carbocycles. The van der Waals surface area contributed by atoms with Crippen LogP contribution in [0.1, 0.15) is 10.4 Å². The Morgan fingerprint density at radius 1 is 1.25 bits per heavy atom. The van der Waals surface area contributed by atoms with Gasteiger partial charge < -0.3 is 5.32 Å². The van der Waals surface area contributed by atoms with E-state index in [1.54, 1.807) is 24.3 Å². The number of benzene rings is 1. The van der Waals surface area contributed by atoms with Crippen LogP contribution in [0.25, 0.3) is 0 Å². The van der Waals surface area contributed by atoms with Gasteiger partial charge in [-0.3, -0.25) is 14.5 Å². The van der Waals surface area contributed by atoms with Gasteiger partial charge in [-0.05, 0) is 24.3 Å². The number of aromatic nitrogens is 1. The standard InChI is InChI=1S/C14H10FN3O2/c15-13-9(4-3-7-16-13)14(20)18-8-12(19)17-10-5-1-2-6-11(10)18/h1-7H,8H2,(H,17,19). The lowest BCUT2D eigenvalue weighted by Gasteiger charge is -2.29. The number of halogens is 1. The number of pyridine rings is 1. The van der Waals surface area contributed by atoms with Gasteiger partial charge in [0.05, 0.1) is 16.9 Å². The van der Waals surface area contributed by atoms with E-state index in [0.29, 0.717) is 11.4 Å². The van der Waals surface area contributed by atoms with Crippen LogP contribution in [0.4, 0.5) is 15.8 Å². The molecule has 0 spiro atoms. The molecular weight excluding hydrogens is 261 g/mol. The largest absolute Gasteiger partial charge is 0.323 e. The maximum absolute atomic E-state index is 13.6. The minimum Gasteiger partial charge on any atom is -0.323 e. The summed E-state index contributed by atoms with van der Waals surface area (Å²) in [5.41, 5.74) is 0.916. The molecule has 2 heterocycles. The Morgan fingerprint density at radius 3 is 2.85 bits per heavy atom. The van der Waals surface area contributed by atoms with Crippen LogP contribution in [-0.2, 0) is 4.79 Å². The van der Waals surface area contributed by atoms with Crippen molar-refractivity contribution in [2.45, 2.75) is 0 Å². The fourth-order valence-corrected chi connectivity index (χ4v) is 2.11. The third kappa shape index (κ3) is 2.01. The molecule has 1 aliphatic heterocycles. The second-order valence-electron chi connectivity index (χ2n) is 4.30. The lowest BCUT2D eigenvalue weighted by Crippen LogP contribution is -2.42. The molecule has 2 amide bonds. The normalized spacial score (nSPS) is 13.7. The molecule has 0 unspecified atom stereocenters. The highest BCUT2D eigenvalue weighted by molar-refractivity contribution is 6.15. The molecule has 100 valence electrons. The molecule has 0 fully saturated rings. The van der Waals surface area contributed by atoms with E-state index < -0.39 is 11.9 Å². The van der Waals surface area contributed by atoms with Gasteiger partial charge in [-0.1, -0.05) is 12.1 Å². The summed E-state index contributed by atoms with van der Waals surface area (Å²) in [4.78, 5) is 28.7. The molecule has 2 aromatic rings. The van der Waals surface area contributed by atoms with Gasteiger partial charge in [-0.25, -0.2) is 4.98 Å². The van der Waals surface area contributed by atoms with E-state index in [1.807, 2.05) is 0 Å². The lowest BCUT2D eigenvalue weighted by molar-refractivity contribution is -0.115. The summed E-state index contributed by atoms with van der Waals surface area (Å²) >= 11 is 0. The molecule has 1 aromatic heterocycles. The van der Waals surface area contributed by atoms with E-state index in [9.17, 15) is 14.0 Å². The van der Waals surface area contributed by atoms with Crippen molar-refractivity contribution in [1.82, 2.24) is 4.98 Å². The average molecular weight is 271 g/mol. The Kier molecular flexibility index (Phi) is 2.90. The van der Waals surface area contributed by atoms with Gasteiger partial charge in [0.15, 0.2) is 0 Å². The second kappa shape index (κ2) is 4.73. The first-order valence-corrected chi connectivity index (χ1v) is 5.98. The van der Waals surface area contributed by atoms with Gasteiger partial charge in [-0.15, -0.1) is 0 Å². The fourth-order valence-electron chi connectivity index (χ4n) is 2.11. The molecule has 1 N–H and O–H groups in total. The number of rotatable bonds is 1. The zero-order valence-electron chi connectivity index (χ0n) is 10.3. The first-order valence-electron chi connectivity index (χ1n) is 5.98. The van der Waals surface area contributed by atoms with Crippen LogP contribution in [-0.4, -0.2) is 23.3 Å². The monoisotopic (exact) mass is 271 g/mol. The maximum atomic E-state index is 13.6. The number of carbonyl (C=O) groups is 2. The van der Waals surface area contributed by atoms with E-state index in [1.165, 1.54) is 23.2 Å². The van der Waals surface area contributed by atoms with Crippen LogP contribution in [0.2, 0.25) is 0 Å². The Hall–Kier alpha value is -2.76. The van der Waals surface area contributed by atoms with E-state index in [2.05, 4.69) is 10.3 Å². The number of nitrogens with zero attached hydrogens (tertiary/aromatic N) is 2. The molecule has 1 aliphatic rings. The van der Waals surface area contributed by atoms with Gasteiger partial charge in [-0.2, -0.15) is 4.39 Å². The number of hydrogen-bond acceptors (Lipinski definition) is 3. The summed E-state index contributed by atoms with van der Waals surface area (Å²) in [5.74, 6) is -1.75. The van der Waals surface area contributed by atoms with Crippen molar-refractivity contribution in [1.29, 1.82) is 0 Å². The summed E-state index contributed by atoms with van der Waals surface area (Å²) < 4.78 is 13.6. The van der Waals surface area contributed by atoms with Crippen molar-refractivity contribution in [2.24, 2.45) is 0 Å². The third-order valence-electron chi connectivity index (χ3n) is 3.01. The van der Waals surface area contributed by atoms with Gasteiger partial charge in [0.2, 0.25) is 11.9 Å². The van der Waals surface area contributed by atoms with Crippen LogP contribution in [0.3, 0.4) is 0 Å². The molecule has 0 atom stereocenters. The summed E-state index contributed by atoms with van der Waals surface area (Å²) in [6, 6.07) is 9.70. The topological polar surface area (TPSA) is 62.3 Å². The summed E-state index contributed by atoms with van der Waals surface area (Å²) in [5, 5.41) is 2.67. The number of nitrogens with one attached hydrogen (secondary N) is 1. The number of anilines is 2. The second-order valence-corrected chi connectivity index (χ2v) is 4.30. The fraction of sp³-hybridized carbons (Fsp3) is 0.0714. The number of fused-ring (bicyclic) bond motifs is 1. The van der Waals surface area contributed by atoms with Crippen LogP contribution >= 0.6 is 0 Å². The van der Waals surface area contributed by atoms with Gasteiger partial charge in [0.1, 0.15) is 6.54 Å². The van der Waals surface area contributed by atoms with Crippen molar-refractivity contribution < 1.29 is 14.0 Å². The van der Waals surface area contributed by atoms with E-state index in [0.717, 1.165) is 0 Å². The molecule has 1 aromatic carbocycles. The van der Waals surface area contributed by atoms with Gasteiger partial charge in [0, 0.05) is 6.20 Å². The SMILES string of the molecule is O=C1CN(C(=O)c2cccnc2F)c2ccccc2N1. The van der Waals surface area contributed by atoms with Crippen molar-refractivity contribution >= 4 is 23.2 Å². The first-order chi connectivity index (χ1) is 9.66. The molecule has 0 bridgehead atoms. The molecule has 0 radical (unpaired) electrons. The molecule has 6 heteroatoms. The third-order valence-corrected chi connectivity index (χ3v) is 3.01. The minimum absolute atomic E-state index is 0.149. The number of hydrogen-bond donors (Lipinski definition) is 1.